The quantitative estimate of drug-likeness (QED) is 0.568. The average Bonchev–Trinajstić information content (AvgIpc) is 2.46. The monoisotopic (exact) mass is 291 g/mol. The van der Waals surface area contributed by atoms with Crippen LogP contribution in [0.5, 0.6) is 0 Å². The lowest BCUT2D eigenvalue weighted by atomic mass is 10.1. The van der Waals surface area contributed by atoms with E-state index in [1.165, 1.54) is 12.1 Å². The van der Waals surface area contributed by atoms with Crippen molar-refractivity contribution in [1.29, 1.82) is 0 Å². The van der Waals surface area contributed by atoms with Crippen molar-refractivity contribution < 1.29 is 4.39 Å². The van der Waals surface area contributed by atoms with Crippen molar-refractivity contribution in [2.45, 2.75) is 13.0 Å². The molecule has 0 aliphatic heterocycles. The van der Waals surface area contributed by atoms with Gasteiger partial charge in [0.15, 0.2) is 0 Å². The molecule has 1 aromatic heterocycles. The highest BCUT2D eigenvalue weighted by atomic mass is 19.1. The summed E-state index contributed by atoms with van der Waals surface area (Å²) < 4.78 is 13.3. The molecule has 0 bridgehead atoms. The zero-order chi connectivity index (χ0) is 15.4. The van der Waals surface area contributed by atoms with Crippen molar-refractivity contribution in [3.8, 4) is 0 Å². The number of anilines is 3. The average molecular weight is 291 g/mol. The molecule has 0 saturated carbocycles. The third-order valence-electron chi connectivity index (χ3n) is 2.85. The number of nitrogens with two attached hydrogens (primary N) is 1. The van der Waals surface area contributed by atoms with Gasteiger partial charge in [0.05, 0.1) is 6.04 Å². The Bertz CT molecular complexity index is 617. The Kier molecular flexibility index (Phi) is 4.49. The van der Waals surface area contributed by atoms with Crippen LogP contribution in [0.3, 0.4) is 0 Å². The van der Waals surface area contributed by atoms with Crippen molar-refractivity contribution in [2.24, 2.45) is 5.84 Å². The van der Waals surface area contributed by atoms with Gasteiger partial charge in [-0.05, 0) is 24.6 Å². The number of hydrogen-bond acceptors (Lipinski definition) is 7. The molecular weight excluding hydrogens is 273 g/mol. The standard InChI is InChI=1S/C13H18FN7/c1-8(9-5-4-6-10(14)7-9)16-11-17-12(20-15)19-13(18-11)21(2)3/h4-8H,15H2,1-3H3,(H2,16,17,18,19,20). The minimum absolute atomic E-state index is 0.163. The highest BCUT2D eigenvalue weighted by molar-refractivity contribution is 5.43. The molecule has 0 saturated heterocycles. The molecular formula is C13H18FN7. The maximum Gasteiger partial charge on any atom is 0.243 e. The van der Waals surface area contributed by atoms with E-state index in [1.54, 1.807) is 11.0 Å². The summed E-state index contributed by atoms with van der Waals surface area (Å²) in [4.78, 5) is 14.3. The molecule has 0 spiro atoms. The molecule has 7 nitrogen and oxygen atoms in total. The largest absolute Gasteiger partial charge is 0.348 e. The van der Waals surface area contributed by atoms with Gasteiger partial charge in [0.25, 0.3) is 0 Å². The highest BCUT2D eigenvalue weighted by Gasteiger charge is 2.11. The fourth-order valence-electron chi connectivity index (χ4n) is 1.75. The fourth-order valence-corrected chi connectivity index (χ4v) is 1.75. The molecule has 1 unspecified atom stereocenters. The Morgan fingerprint density at radius 2 is 1.90 bits per heavy atom. The van der Waals surface area contributed by atoms with Crippen molar-refractivity contribution in [3.05, 3.63) is 35.6 Å². The van der Waals surface area contributed by atoms with Crippen LogP contribution in [-0.2, 0) is 0 Å². The summed E-state index contributed by atoms with van der Waals surface area (Å²) >= 11 is 0. The van der Waals surface area contributed by atoms with Crippen LogP contribution in [-0.4, -0.2) is 29.0 Å². The summed E-state index contributed by atoms with van der Waals surface area (Å²) in [6.45, 7) is 1.89. The molecule has 112 valence electrons. The van der Waals surface area contributed by atoms with E-state index in [0.29, 0.717) is 11.9 Å². The summed E-state index contributed by atoms with van der Waals surface area (Å²) in [6, 6.07) is 6.20. The molecule has 2 rings (SSSR count). The maximum atomic E-state index is 13.3. The highest BCUT2D eigenvalue weighted by Crippen LogP contribution is 2.19. The first-order valence-corrected chi connectivity index (χ1v) is 6.41. The number of nitrogens with zero attached hydrogens (tertiary/aromatic N) is 4. The molecule has 0 fully saturated rings. The van der Waals surface area contributed by atoms with Crippen LogP contribution in [0.4, 0.5) is 22.2 Å². The number of aromatic nitrogens is 3. The van der Waals surface area contributed by atoms with Gasteiger partial charge in [-0.1, -0.05) is 12.1 Å². The first-order chi connectivity index (χ1) is 9.99. The van der Waals surface area contributed by atoms with E-state index >= 15 is 0 Å². The van der Waals surface area contributed by atoms with E-state index in [9.17, 15) is 4.39 Å². The Hall–Kier alpha value is -2.48. The van der Waals surface area contributed by atoms with Crippen LogP contribution < -0.4 is 21.5 Å². The van der Waals surface area contributed by atoms with E-state index in [1.807, 2.05) is 27.1 Å². The second kappa shape index (κ2) is 6.31. The maximum absolute atomic E-state index is 13.3. The summed E-state index contributed by atoms with van der Waals surface area (Å²) in [6.07, 6.45) is 0. The zero-order valence-corrected chi connectivity index (χ0v) is 12.1. The Morgan fingerprint density at radius 1 is 1.19 bits per heavy atom. The Morgan fingerprint density at radius 3 is 2.52 bits per heavy atom. The summed E-state index contributed by atoms with van der Waals surface area (Å²) in [5.41, 5.74) is 3.19. The van der Waals surface area contributed by atoms with Crippen LogP contribution in [0.15, 0.2) is 24.3 Å². The van der Waals surface area contributed by atoms with Gasteiger partial charge in [0, 0.05) is 14.1 Å². The number of hydrogen-bond donors (Lipinski definition) is 3. The van der Waals surface area contributed by atoms with Gasteiger partial charge in [-0.15, -0.1) is 0 Å². The van der Waals surface area contributed by atoms with Gasteiger partial charge in [-0.2, -0.15) is 15.0 Å². The zero-order valence-electron chi connectivity index (χ0n) is 12.1. The molecule has 0 aliphatic rings. The van der Waals surface area contributed by atoms with E-state index in [0.717, 1.165) is 5.56 Å². The number of hydrazine groups is 1. The molecule has 1 aromatic carbocycles. The molecule has 8 heteroatoms. The Balaban J connectivity index is 2.24. The third kappa shape index (κ3) is 3.76. The minimum Gasteiger partial charge on any atom is -0.348 e. The predicted molar refractivity (Wildman–Crippen MR) is 80.4 cm³/mol. The smallest absolute Gasteiger partial charge is 0.243 e. The lowest BCUT2D eigenvalue weighted by Gasteiger charge is -2.17. The number of nitrogens with one attached hydrogen (secondary N) is 2. The van der Waals surface area contributed by atoms with Crippen LogP contribution in [0.25, 0.3) is 0 Å². The van der Waals surface area contributed by atoms with Crippen LogP contribution in [0.2, 0.25) is 0 Å². The van der Waals surface area contributed by atoms with Crippen LogP contribution >= 0.6 is 0 Å². The summed E-state index contributed by atoms with van der Waals surface area (Å²) in [7, 11) is 3.63. The van der Waals surface area contributed by atoms with Gasteiger partial charge in [0.2, 0.25) is 17.8 Å². The number of halogens is 1. The SMILES string of the molecule is CC(Nc1nc(NN)nc(N(C)C)n1)c1cccc(F)c1. The Labute approximate surface area is 122 Å². The number of nitrogen functional groups attached to an aromatic ring is 1. The molecule has 0 amide bonds. The molecule has 21 heavy (non-hydrogen) atoms. The van der Waals surface area contributed by atoms with Crippen LogP contribution in [0.1, 0.15) is 18.5 Å². The topological polar surface area (TPSA) is 92.0 Å². The van der Waals surface area contributed by atoms with Gasteiger partial charge in [-0.25, -0.2) is 10.2 Å². The predicted octanol–water partition coefficient (Wildman–Crippen LogP) is 1.54. The molecule has 0 aliphatic carbocycles. The fraction of sp³-hybridized carbons (Fsp3) is 0.308. The minimum atomic E-state index is -0.282. The van der Waals surface area contributed by atoms with E-state index in [4.69, 9.17) is 5.84 Å². The number of benzene rings is 1. The molecule has 1 atom stereocenters. The van der Waals surface area contributed by atoms with E-state index in [2.05, 4.69) is 25.7 Å². The second-order valence-corrected chi connectivity index (χ2v) is 4.74. The van der Waals surface area contributed by atoms with E-state index in [-0.39, 0.29) is 17.8 Å². The normalized spacial score (nSPS) is 11.9. The van der Waals surface area contributed by atoms with Crippen molar-refractivity contribution in [1.82, 2.24) is 15.0 Å². The lowest BCUT2D eigenvalue weighted by molar-refractivity contribution is 0.623. The summed E-state index contributed by atoms with van der Waals surface area (Å²) in [5.74, 6) is 6.15. The third-order valence-corrected chi connectivity index (χ3v) is 2.85. The van der Waals surface area contributed by atoms with Crippen LogP contribution in [0, 0.1) is 5.82 Å². The van der Waals surface area contributed by atoms with Crippen molar-refractivity contribution in [2.75, 3.05) is 29.7 Å². The van der Waals surface area contributed by atoms with Gasteiger partial charge < -0.3 is 10.2 Å². The number of rotatable bonds is 5. The van der Waals surface area contributed by atoms with Gasteiger partial charge >= 0.3 is 0 Å². The van der Waals surface area contributed by atoms with Gasteiger partial charge in [-0.3, -0.25) is 5.43 Å². The van der Waals surface area contributed by atoms with Crippen molar-refractivity contribution >= 4 is 17.8 Å². The van der Waals surface area contributed by atoms with E-state index < -0.39 is 0 Å². The molecule has 1 heterocycles. The molecule has 2 aromatic rings. The first-order valence-electron chi connectivity index (χ1n) is 6.41. The van der Waals surface area contributed by atoms with Crippen molar-refractivity contribution in [3.63, 3.8) is 0 Å². The first kappa shape index (κ1) is 14.9. The van der Waals surface area contributed by atoms with Gasteiger partial charge in [0.1, 0.15) is 5.82 Å². The molecule has 0 radical (unpaired) electrons. The second-order valence-electron chi connectivity index (χ2n) is 4.74. The lowest BCUT2D eigenvalue weighted by Crippen LogP contribution is -2.19. The molecule has 4 N–H and O–H groups in total. The summed E-state index contributed by atoms with van der Waals surface area (Å²) in [5, 5.41) is 3.10.